The minimum atomic E-state index is -0.901. The van der Waals surface area contributed by atoms with Gasteiger partial charge in [0.2, 0.25) is 11.8 Å². The molecule has 21 heavy (non-hydrogen) atoms. The number of hydrogen-bond donors (Lipinski definition) is 2. The van der Waals surface area contributed by atoms with Crippen molar-refractivity contribution in [1.82, 2.24) is 9.88 Å². The summed E-state index contributed by atoms with van der Waals surface area (Å²) in [4.78, 5) is 33.8. The number of aliphatic carboxylic acids is 1. The summed E-state index contributed by atoms with van der Waals surface area (Å²) in [7, 11) is 0. The first-order valence-electron chi connectivity index (χ1n) is 6.69. The van der Waals surface area contributed by atoms with Gasteiger partial charge in [0.05, 0.1) is 5.92 Å². The summed E-state index contributed by atoms with van der Waals surface area (Å²) in [5.41, 5.74) is 1.66. The Bertz CT molecular complexity index is 747. The first kappa shape index (κ1) is 13.4. The van der Waals surface area contributed by atoms with E-state index in [1.807, 2.05) is 24.3 Å². The Labute approximate surface area is 120 Å². The van der Waals surface area contributed by atoms with Gasteiger partial charge in [-0.25, -0.2) is 0 Å². The summed E-state index contributed by atoms with van der Waals surface area (Å²) >= 11 is 0. The van der Waals surface area contributed by atoms with E-state index in [-0.39, 0.29) is 24.3 Å². The van der Waals surface area contributed by atoms with Gasteiger partial charge in [-0.2, -0.15) is 0 Å². The maximum Gasteiger partial charge on any atom is 0.323 e. The number of fused-ring (bicyclic) bond motifs is 1. The van der Waals surface area contributed by atoms with E-state index >= 15 is 0 Å². The van der Waals surface area contributed by atoms with Gasteiger partial charge < -0.3 is 9.67 Å². The number of nitrogens with zero attached hydrogens (tertiary/aromatic N) is 1. The molecule has 0 aliphatic carbocycles. The van der Waals surface area contributed by atoms with Crippen LogP contribution in [-0.4, -0.2) is 27.5 Å². The van der Waals surface area contributed by atoms with Crippen LogP contribution in [-0.2, 0) is 20.9 Å². The molecule has 0 bridgehead atoms. The normalized spacial score (nSPS) is 18.8. The van der Waals surface area contributed by atoms with E-state index in [1.165, 1.54) is 0 Å². The maximum atomic E-state index is 11.9. The molecule has 1 fully saturated rings. The Morgan fingerprint density at radius 3 is 2.86 bits per heavy atom. The minimum Gasteiger partial charge on any atom is -0.480 e. The van der Waals surface area contributed by atoms with E-state index in [2.05, 4.69) is 5.32 Å². The zero-order valence-electron chi connectivity index (χ0n) is 11.2. The van der Waals surface area contributed by atoms with Crippen LogP contribution in [0.4, 0.5) is 0 Å². The molecule has 2 heterocycles. The van der Waals surface area contributed by atoms with E-state index < -0.39 is 5.97 Å². The fourth-order valence-corrected chi connectivity index (χ4v) is 2.73. The van der Waals surface area contributed by atoms with Gasteiger partial charge >= 0.3 is 5.97 Å². The van der Waals surface area contributed by atoms with Crippen LogP contribution in [0.2, 0.25) is 0 Å². The number of piperidine rings is 1. The van der Waals surface area contributed by atoms with Gasteiger partial charge in [-0.05, 0) is 35.6 Å². The Balaban J connectivity index is 1.93. The van der Waals surface area contributed by atoms with E-state index in [1.54, 1.807) is 10.8 Å². The SMILES string of the molecule is O=C(O)Cn1ccc2cc(C3CCC(=O)NC3=O)ccc21. The molecular formula is C15H14N2O4. The van der Waals surface area contributed by atoms with Gasteiger partial charge in [0.15, 0.2) is 0 Å². The molecule has 6 heteroatoms. The second kappa shape index (κ2) is 5.05. The Morgan fingerprint density at radius 2 is 2.14 bits per heavy atom. The summed E-state index contributed by atoms with van der Waals surface area (Å²) < 4.78 is 1.64. The molecule has 1 unspecified atom stereocenters. The molecule has 1 saturated heterocycles. The van der Waals surface area contributed by atoms with Crippen LogP contribution in [0.25, 0.3) is 10.9 Å². The summed E-state index contributed by atoms with van der Waals surface area (Å²) in [6, 6.07) is 7.35. The number of amides is 2. The molecule has 1 aliphatic heterocycles. The number of aromatic nitrogens is 1. The van der Waals surface area contributed by atoms with Crippen molar-refractivity contribution in [3.05, 3.63) is 36.0 Å². The predicted octanol–water partition coefficient (Wildman–Crippen LogP) is 1.25. The minimum absolute atomic E-state index is 0.0960. The standard InChI is InChI=1S/C15H14N2O4/c18-13-4-2-11(15(21)16-13)9-1-3-12-10(7-9)5-6-17(12)8-14(19)20/h1,3,5-7,11H,2,4,8H2,(H,19,20)(H,16,18,21). The Hall–Kier alpha value is -2.63. The van der Waals surface area contributed by atoms with E-state index in [0.29, 0.717) is 12.8 Å². The summed E-state index contributed by atoms with van der Waals surface area (Å²) in [6.07, 6.45) is 2.56. The van der Waals surface area contributed by atoms with E-state index in [0.717, 1.165) is 16.5 Å². The molecule has 0 saturated carbocycles. The number of carbonyl (C=O) groups is 3. The highest BCUT2D eigenvalue weighted by Gasteiger charge is 2.28. The lowest BCUT2D eigenvalue weighted by Crippen LogP contribution is -2.39. The highest BCUT2D eigenvalue weighted by Crippen LogP contribution is 2.28. The lowest BCUT2D eigenvalue weighted by Gasteiger charge is -2.21. The largest absolute Gasteiger partial charge is 0.480 e. The first-order valence-corrected chi connectivity index (χ1v) is 6.69. The predicted molar refractivity (Wildman–Crippen MR) is 74.7 cm³/mol. The number of rotatable bonds is 3. The first-order chi connectivity index (χ1) is 10.0. The molecular weight excluding hydrogens is 272 g/mol. The van der Waals surface area contributed by atoms with Gasteiger partial charge in [0, 0.05) is 18.1 Å². The van der Waals surface area contributed by atoms with Crippen molar-refractivity contribution >= 4 is 28.7 Å². The number of carboxylic acid groups (broad SMARTS) is 1. The van der Waals surface area contributed by atoms with Gasteiger partial charge in [-0.1, -0.05) is 6.07 Å². The number of imide groups is 1. The molecule has 3 rings (SSSR count). The maximum absolute atomic E-state index is 11.9. The third-order valence-electron chi connectivity index (χ3n) is 3.74. The number of carboxylic acids is 1. The van der Waals surface area contributed by atoms with Crippen molar-refractivity contribution in [2.45, 2.75) is 25.3 Å². The molecule has 1 aromatic carbocycles. The molecule has 6 nitrogen and oxygen atoms in total. The van der Waals surface area contributed by atoms with E-state index in [9.17, 15) is 14.4 Å². The lowest BCUT2D eigenvalue weighted by molar-refractivity contribution is -0.138. The van der Waals surface area contributed by atoms with Crippen LogP contribution in [0, 0.1) is 0 Å². The van der Waals surface area contributed by atoms with Crippen molar-refractivity contribution in [1.29, 1.82) is 0 Å². The highest BCUT2D eigenvalue weighted by atomic mass is 16.4. The van der Waals surface area contributed by atoms with Crippen LogP contribution >= 0.6 is 0 Å². The quantitative estimate of drug-likeness (QED) is 0.831. The summed E-state index contributed by atoms with van der Waals surface area (Å²) in [5.74, 6) is -1.72. The average Bonchev–Trinajstić information content (AvgIpc) is 2.80. The monoisotopic (exact) mass is 286 g/mol. The smallest absolute Gasteiger partial charge is 0.323 e. The molecule has 1 atom stereocenters. The number of nitrogens with one attached hydrogen (secondary N) is 1. The second-order valence-corrected chi connectivity index (χ2v) is 5.16. The van der Waals surface area contributed by atoms with Gasteiger partial charge in [-0.3, -0.25) is 19.7 Å². The highest BCUT2D eigenvalue weighted by molar-refractivity contribution is 6.01. The van der Waals surface area contributed by atoms with Gasteiger partial charge in [0.25, 0.3) is 0 Å². The zero-order valence-corrected chi connectivity index (χ0v) is 11.2. The van der Waals surface area contributed by atoms with Crippen molar-refractivity contribution in [3.63, 3.8) is 0 Å². The van der Waals surface area contributed by atoms with Gasteiger partial charge in [-0.15, -0.1) is 0 Å². The van der Waals surface area contributed by atoms with Crippen LogP contribution in [0.15, 0.2) is 30.5 Å². The van der Waals surface area contributed by atoms with Crippen molar-refractivity contribution in [3.8, 4) is 0 Å². The molecule has 2 amide bonds. The average molecular weight is 286 g/mol. The van der Waals surface area contributed by atoms with Crippen LogP contribution in [0.5, 0.6) is 0 Å². The van der Waals surface area contributed by atoms with Crippen LogP contribution < -0.4 is 5.32 Å². The van der Waals surface area contributed by atoms with Crippen LogP contribution in [0.1, 0.15) is 24.3 Å². The third kappa shape index (κ3) is 2.52. The second-order valence-electron chi connectivity index (χ2n) is 5.16. The van der Waals surface area contributed by atoms with Crippen LogP contribution in [0.3, 0.4) is 0 Å². The molecule has 0 spiro atoms. The lowest BCUT2D eigenvalue weighted by atomic mass is 9.90. The molecule has 108 valence electrons. The zero-order chi connectivity index (χ0) is 15.0. The van der Waals surface area contributed by atoms with Crippen molar-refractivity contribution < 1.29 is 19.5 Å². The number of carbonyl (C=O) groups excluding carboxylic acids is 2. The fraction of sp³-hybridized carbons (Fsp3) is 0.267. The molecule has 1 aliphatic rings. The summed E-state index contributed by atoms with van der Waals surface area (Å²) in [6.45, 7) is -0.0960. The fourth-order valence-electron chi connectivity index (χ4n) is 2.73. The van der Waals surface area contributed by atoms with E-state index in [4.69, 9.17) is 5.11 Å². The molecule has 2 aromatic rings. The van der Waals surface area contributed by atoms with Crippen molar-refractivity contribution in [2.24, 2.45) is 0 Å². The topological polar surface area (TPSA) is 88.4 Å². The molecule has 1 aromatic heterocycles. The number of benzene rings is 1. The molecule has 0 radical (unpaired) electrons. The number of hydrogen-bond acceptors (Lipinski definition) is 3. The summed E-state index contributed by atoms with van der Waals surface area (Å²) in [5, 5.41) is 12.1. The van der Waals surface area contributed by atoms with Gasteiger partial charge in [0.1, 0.15) is 6.54 Å². The van der Waals surface area contributed by atoms with Crippen molar-refractivity contribution in [2.75, 3.05) is 0 Å². The Kier molecular flexibility index (Phi) is 3.21. The Morgan fingerprint density at radius 1 is 1.33 bits per heavy atom. The molecule has 2 N–H and O–H groups in total. The third-order valence-corrected chi connectivity index (χ3v) is 3.74.